The first kappa shape index (κ1) is 17.4. The van der Waals surface area contributed by atoms with E-state index >= 15 is 0 Å². The van der Waals surface area contributed by atoms with E-state index in [1.165, 1.54) is 0 Å². The molecule has 1 amide bonds. The van der Waals surface area contributed by atoms with Crippen LogP contribution in [0.25, 0.3) is 10.9 Å². The van der Waals surface area contributed by atoms with E-state index in [0.29, 0.717) is 18.1 Å². The Balaban J connectivity index is 1.58. The van der Waals surface area contributed by atoms with Gasteiger partial charge in [-0.15, -0.1) is 11.8 Å². The van der Waals surface area contributed by atoms with Gasteiger partial charge in [-0.1, -0.05) is 24.3 Å². The molecule has 128 valence electrons. The molecule has 0 saturated heterocycles. The van der Waals surface area contributed by atoms with Gasteiger partial charge in [-0.05, 0) is 25.1 Å². The first-order chi connectivity index (χ1) is 12.1. The van der Waals surface area contributed by atoms with Crippen LogP contribution in [-0.2, 0) is 17.1 Å². The van der Waals surface area contributed by atoms with Gasteiger partial charge in [-0.3, -0.25) is 9.78 Å². The topological polar surface area (TPSA) is 59.0 Å². The smallest absolute Gasteiger partial charge is 0.232 e. The quantitative estimate of drug-likeness (QED) is 0.682. The highest BCUT2D eigenvalue weighted by atomic mass is 32.2. The molecule has 0 aliphatic heterocycles. The Bertz CT molecular complexity index is 870. The molecule has 3 aromatic rings. The van der Waals surface area contributed by atoms with Crippen LogP contribution in [-0.4, -0.2) is 38.6 Å². The maximum absolute atomic E-state index is 12.3. The summed E-state index contributed by atoms with van der Waals surface area (Å²) in [5, 5.41) is 1.05. The van der Waals surface area contributed by atoms with Crippen molar-refractivity contribution in [2.45, 2.75) is 19.2 Å². The number of hydrogen-bond acceptors (Lipinski definition) is 5. The van der Waals surface area contributed by atoms with Gasteiger partial charge in [-0.25, -0.2) is 9.97 Å². The average Bonchev–Trinajstić information content (AvgIpc) is 2.62. The maximum Gasteiger partial charge on any atom is 0.232 e. The molecule has 0 aliphatic rings. The fourth-order valence-electron chi connectivity index (χ4n) is 2.50. The molecule has 5 nitrogen and oxygen atoms in total. The first-order valence-electron chi connectivity index (χ1n) is 8.07. The molecule has 0 N–H and O–H groups in total. The van der Waals surface area contributed by atoms with Gasteiger partial charge in [0.25, 0.3) is 0 Å². The lowest BCUT2D eigenvalue weighted by molar-refractivity contribution is -0.127. The molecular formula is C19H20N4OS. The Morgan fingerprint density at radius 2 is 1.92 bits per heavy atom. The molecular weight excluding hydrogens is 332 g/mol. The van der Waals surface area contributed by atoms with Gasteiger partial charge in [-0.2, -0.15) is 0 Å². The molecule has 0 atom stereocenters. The van der Waals surface area contributed by atoms with E-state index in [2.05, 4.69) is 15.0 Å². The van der Waals surface area contributed by atoms with Crippen molar-refractivity contribution < 1.29 is 4.79 Å². The van der Waals surface area contributed by atoms with E-state index in [-0.39, 0.29) is 5.91 Å². The highest BCUT2D eigenvalue weighted by Crippen LogP contribution is 2.16. The highest BCUT2D eigenvalue weighted by Gasteiger charge is 2.12. The Labute approximate surface area is 151 Å². The van der Waals surface area contributed by atoms with Crippen molar-refractivity contribution in [3.05, 3.63) is 65.9 Å². The van der Waals surface area contributed by atoms with Crippen LogP contribution in [0.1, 0.15) is 17.2 Å². The lowest BCUT2D eigenvalue weighted by Gasteiger charge is -2.16. The molecule has 0 spiro atoms. The highest BCUT2D eigenvalue weighted by molar-refractivity contribution is 7.99. The third-order valence-electron chi connectivity index (χ3n) is 3.85. The summed E-state index contributed by atoms with van der Waals surface area (Å²) in [7, 11) is 1.79. The number of fused-ring (bicyclic) bond motifs is 1. The second-order valence-corrected chi connectivity index (χ2v) is 6.79. The van der Waals surface area contributed by atoms with E-state index < -0.39 is 0 Å². The number of pyridine rings is 1. The van der Waals surface area contributed by atoms with Gasteiger partial charge < -0.3 is 4.90 Å². The molecule has 0 bridgehead atoms. The number of thioether (sulfide) groups is 1. The van der Waals surface area contributed by atoms with E-state index in [1.807, 2.05) is 49.4 Å². The molecule has 2 heterocycles. The lowest BCUT2D eigenvalue weighted by Crippen LogP contribution is -2.28. The number of aryl methyl sites for hydroxylation is 1. The van der Waals surface area contributed by atoms with Crippen LogP contribution in [0.3, 0.4) is 0 Å². The van der Waals surface area contributed by atoms with Crippen LogP contribution in [0.15, 0.2) is 48.7 Å². The van der Waals surface area contributed by atoms with Gasteiger partial charge in [0.05, 0.1) is 23.5 Å². The van der Waals surface area contributed by atoms with Crippen molar-refractivity contribution in [1.82, 2.24) is 19.9 Å². The van der Waals surface area contributed by atoms with Crippen molar-refractivity contribution in [3.8, 4) is 0 Å². The number of nitrogens with zero attached hydrogens (tertiary/aromatic N) is 4. The van der Waals surface area contributed by atoms with Gasteiger partial charge >= 0.3 is 0 Å². The number of rotatable bonds is 6. The van der Waals surface area contributed by atoms with Crippen molar-refractivity contribution >= 4 is 28.6 Å². The zero-order valence-corrected chi connectivity index (χ0v) is 15.2. The zero-order valence-electron chi connectivity index (χ0n) is 14.3. The van der Waals surface area contributed by atoms with Crippen molar-refractivity contribution in [3.63, 3.8) is 0 Å². The van der Waals surface area contributed by atoms with E-state index in [9.17, 15) is 4.79 Å². The number of carbonyl (C=O) groups excluding carboxylic acids is 1. The summed E-state index contributed by atoms with van der Waals surface area (Å²) in [5.74, 6) is 1.88. The summed E-state index contributed by atoms with van der Waals surface area (Å²) in [6.07, 6.45) is 1.77. The first-order valence-corrected chi connectivity index (χ1v) is 9.23. The third-order valence-corrected chi connectivity index (χ3v) is 4.80. The summed E-state index contributed by atoms with van der Waals surface area (Å²) in [4.78, 5) is 27.3. The summed E-state index contributed by atoms with van der Waals surface area (Å²) in [6.45, 7) is 2.38. The van der Waals surface area contributed by atoms with Crippen molar-refractivity contribution in [2.24, 2.45) is 0 Å². The second-order valence-electron chi connectivity index (χ2n) is 5.81. The standard InChI is InChI=1S/C19H20N4OS/c1-14-16-8-3-4-9-17(16)22-18(21-14)11-23(2)19(24)13-25-12-15-7-5-6-10-20-15/h3-10H,11-13H2,1-2H3. The normalized spacial score (nSPS) is 10.8. The van der Waals surface area contributed by atoms with Crippen LogP contribution in [0.2, 0.25) is 0 Å². The minimum absolute atomic E-state index is 0.0651. The molecule has 0 unspecified atom stereocenters. The molecule has 0 aliphatic carbocycles. The van der Waals surface area contributed by atoms with Crippen molar-refractivity contribution in [2.75, 3.05) is 12.8 Å². The second kappa shape index (κ2) is 8.07. The fraction of sp³-hybridized carbons (Fsp3) is 0.263. The monoisotopic (exact) mass is 352 g/mol. The van der Waals surface area contributed by atoms with E-state index in [4.69, 9.17) is 0 Å². The summed E-state index contributed by atoms with van der Waals surface area (Å²) < 4.78 is 0. The molecule has 6 heteroatoms. The zero-order chi connectivity index (χ0) is 17.6. The lowest BCUT2D eigenvalue weighted by atomic mass is 10.2. The Morgan fingerprint density at radius 3 is 2.72 bits per heavy atom. The number of aromatic nitrogens is 3. The predicted molar refractivity (Wildman–Crippen MR) is 101 cm³/mol. The molecule has 2 aromatic heterocycles. The Morgan fingerprint density at radius 1 is 1.12 bits per heavy atom. The molecule has 0 fully saturated rings. The molecule has 25 heavy (non-hydrogen) atoms. The molecule has 3 rings (SSSR count). The Kier molecular flexibility index (Phi) is 5.60. The summed E-state index contributed by atoms with van der Waals surface area (Å²) in [6, 6.07) is 13.7. The van der Waals surface area contributed by atoms with Crippen LogP contribution in [0.4, 0.5) is 0 Å². The molecule has 0 radical (unpaired) electrons. The summed E-state index contributed by atoms with van der Waals surface area (Å²) in [5.41, 5.74) is 2.83. The minimum Gasteiger partial charge on any atom is -0.337 e. The summed E-state index contributed by atoms with van der Waals surface area (Å²) >= 11 is 1.56. The predicted octanol–water partition coefficient (Wildman–Crippen LogP) is 3.23. The number of para-hydroxylation sites is 1. The van der Waals surface area contributed by atoms with Gasteiger partial charge in [0.1, 0.15) is 5.82 Å². The molecule has 0 saturated carbocycles. The number of carbonyl (C=O) groups is 1. The fourth-order valence-corrected chi connectivity index (χ4v) is 3.38. The van der Waals surface area contributed by atoms with Gasteiger partial charge in [0.2, 0.25) is 5.91 Å². The SMILES string of the molecule is Cc1nc(CN(C)C(=O)CSCc2ccccn2)nc2ccccc12. The minimum atomic E-state index is 0.0651. The van der Waals surface area contributed by atoms with Gasteiger partial charge in [0, 0.05) is 30.1 Å². The van der Waals surface area contributed by atoms with Crippen LogP contribution in [0.5, 0.6) is 0 Å². The van der Waals surface area contributed by atoms with Gasteiger partial charge in [0.15, 0.2) is 0 Å². The number of amides is 1. The third kappa shape index (κ3) is 4.54. The van der Waals surface area contributed by atoms with Crippen LogP contribution < -0.4 is 0 Å². The maximum atomic E-state index is 12.3. The number of hydrogen-bond donors (Lipinski definition) is 0. The Hall–Kier alpha value is -2.47. The molecule has 1 aromatic carbocycles. The van der Waals surface area contributed by atoms with Crippen LogP contribution in [0, 0.1) is 6.92 Å². The largest absolute Gasteiger partial charge is 0.337 e. The van der Waals surface area contributed by atoms with E-state index in [1.54, 1.807) is 29.9 Å². The van der Waals surface area contributed by atoms with Crippen LogP contribution >= 0.6 is 11.8 Å². The number of benzene rings is 1. The van der Waals surface area contributed by atoms with E-state index in [0.717, 1.165) is 28.0 Å². The van der Waals surface area contributed by atoms with Crippen molar-refractivity contribution in [1.29, 1.82) is 0 Å². The average molecular weight is 352 g/mol.